The molecule has 2 saturated carbocycles. The van der Waals surface area contributed by atoms with Crippen molar-refractivity contribution in [1.29, 1.82) is 0 Å². The van der Waals surface area contributed by atoms with E-state index in [1.54, 1.807) is 18.6 Å². The quantitative estimate of drug-likeness (QED) is 0.519. The summed E-state index contributed by atoms with van der Waals surface area (Å²) in [6.07, 6.45) is 9.73. The molecule has 4 nitrogen and oxygen atoms in total. The summed E-state index contributed by atoms with van der Waals surface area (Å²) < 4.78 is 10.5. The van der Waals surface area contributed by atoms with Gasteiger partial charge in [0, 0.05) is 19.4 Å². The summed E-state index contributed by atoms with van der Waals surface area (Å²) in [4.78, 5) is 25.5. The van der Waals surface area contributed by atoms with Crippen molar-refractivity contribution in [2.45, 2.75) is 78.2 Å². The van der Waals surface area contributed by atoms with Crippen LogP contribution in [0.15, 0.2) is 22.4 Å². The number of cyclic esters (lactones) is 1. The second-order valence-electron chi connectivity index (χ2n) is 9.00. The molecule has 150 valence electrons. The highest BCUT2D eigenvalue weighted by molar-refractivity contribution is 9.11. The molecule has 2 aliphatic carbocycles. The van der Waals surface area contributed by atoms with Crippen LogP contribution < -0.4 is 0 Å². The van der Waals surface area contributed by atoms with Crippen LogP contribution >= 0.6 is 15.9 Å². The van der Waals surface area contributed by atoms with E-state index < -0.39 is 17.5 Å². The zero-order chi connectivity index (χ0) is 19.8. The van der Waals surface area contributed by atoms with Crippen LogP contribution in [0.1, 0.15) is 72.6 Å². The van der Waals surface area contributed by atoms with Gasteiger partial charge >= 0.3 is 11.9 Å². The number of carbonyl (C=O) groups excluding carboxylic acids is 2. The van der Waals surface area contributed by atoms with E-state index in [1.165, 1.54) is 39.0 Å². The lowest BCUT2D eigenvalue weighted by Crippen LogP contribution is -2.35. The number of fused-ring (bicyclic) bond motifs is 1. The van der Waals surface area contributed by atoms with E-state index in [4.69, 9.17) is 9.47 Å². The van der Waals surface area contributed by atoms with Gasteiger partial charge in [-0.05, 0) is 73.6 Å². The highest BCUT2D eigenvalue weighted by Crippen LogP contribution is 2.60. The van der Waals surface area contributed by atoms with E-state index in [9.17, 15) is 9.59 Å². The highest BCUT2D eigenvalue weighted by Gasteiger charge is 2.50. The Morgan fingerprint density at radius 1 is 1.44 bits per heavy atom. The smallest absolute Gasteiger partial charge is 0.359 e. The van der Waals surface area contributed by atoms with Gasteiger partial charge in [-0.25, -0.2) is 4.79 Å². The second kappa shape index (κ2) is 7.73. The van der Waals surface area contributed by atoms with Crippen molar-refractivity contribution in [3.05, 3.63) is 22.4 Å². The van der Waals surface area contributed by atoms with Gasteiger partial charge < -0.3 is 9.47 Å². The molecular weight excluding hydrogens is 408 g/mol. The molecule has 1 unspecified atom stereocenters. The summed E-state index contributed by atoms with van der Waals surface area (Å²) in [6, 6.07) is 0. The van der Waals surface area contributed by atoms with E-state index in [0.717, 1.165) is 6.42 Å². The van der Waals surface area contributed by atoms with Gasteiger partial charge in [0.1, 0.15) is 5.76 Å². The number of ether oxygens (including phenoxy) is 2. The monoisotopic (exact) mass is 438 g/mol. The van der Waals surface area contributed by atoms with Gasteiger partial charge in [-0.15, -0.1) is 0 Å². The average molecular weight is 439 g/mol. The first-order valence-electron chi connectivity index (χ1n) is 10.1. The highest BCUT2D eigenvalue weighted by atomic mass is 79.9. The van der Waals surface area contributed by atoms with Crippen LogP contribution in [-0.2, 0) is 19.1 Å². The molecule has 5 atom stereocenters. The molecule has 0 saturated heterocycles. The lowest BCUT2D eigenvalue weighted by Gasteiger charge is -2.44. The van der Waals surface area contributed by atoms with Crippen LogP contribution in [-0.4, -0.2) is 17.5 Å². The molecule has 1 aliphatic heterocycles. The van der Waals surface area contributed by atoms with Gasteiger partial charge in [0.25, 0.3) is 0 Å². The van der Waals surface area contributed by atoms with Crippen molar-refractivity contribution in [1.82, 2.24) is 0 Å². The van der Waals surface area contributed by atoms with Crippen LogP contribution in [0.3, 0.4) is 0 Å². The fourth-order valence-electron chi connectivity index (χ4n) is 5.83. The molecule has 0 N–H and O–H groups in total. The molecule has 3 aliphatic rings. The van der Waals surface area contributed by atoms with Crippen molar-refractivity contribution in [2.24, 2.45) is 23.2 Å². The first kappa shape index (κ1) is 20.6. The number of halogens is 1. The lowest BCUT2D eigenvalue weighted by molar-refractivity contribution is -0.167. The minimum atomic E-state index is -1.27. The van der Waals surface area contributed by atoms with E-state index in [-0.39, 0.29) is 0 Å². The first-order valence-corrected chi connectivity index (χ1v) is 11.0. The van der Waals surface area contributed by atoms with E-state index >= 15 is 0 Å². The maximum Gasteiger partial charge on any atom is 0.359 e. The first-order chi connectivity index (χ1) is 12.7. The zero-order valence-corrected chi connectivity index (χ0v) is 18.4. The molecule has 1 heterocycles. The largest absolute Gasteiger partial charge is 0.443 e. The van der Waals surface area contributed by atoms with E-state index in [2.05, 4.69) is 34.8 Å². The van der Waals surface area contributed by atoms with E-state index in [1.807, 2.05) is 0 Å². The lowest BCUT2D eigenvalue weighted by atomic mass is 9.61. The van der Waals surface area contributed by atoms with Crippen molar-refractivity contribution in [3.63, 3.8) is 0 Å². The molecule has 0 aromatic rings. The fraction of sp³-hybridized carbons (Fsp3) is 0.727. The predicted molar refractivity (Wildman–Crippen MR) is 108 cm³/mol. The summed E-state index contributed by atoms with van der Waals surface area (Å²) in [7, 11) is 0. The second-order valence-corrected chi connectivity index (χ2v) is 9.45. The van der Waals surface area contributed by atoms with Gasteiger partial charge in [0.15, 0.2) is 0 Å². The Hall–Kier alpha value is -1.10. The molecule has 0 aromatic carbocycles. The molecule has 5 heteroatoms. The van der Waals surface area contributed by atoms with Crippen LogP contribution in [0.5, 0.6) is 0 Å². The summed E-state index contributed by atoms with van der Waals surface area (Å²) >= 11 is 3.58. The standard InChI is InChI=1S/C22H31BrO4/c1-14(7-8-17-12-22(4,20(25)26-17)27-15(2)24)18-9-10-19-16(13-23)6-5-11-21(18,19)3/h12-14,18-19H,5-11H2,1-4H3/b16-13+/t14-,18-,19?,21-,22-/m1/s1. The molecule has 2 fully saturated rings. The summed E-state index contributed by atoms with van der Waals surface area (Å²) in [6.45, 7) is 7.72. The van der Waals surface area contributed by atoms with Gasteiger partial charge in [0.2, 0.25) is 5.60 Å². The van der Waals surface area contributed by atoms with Crippen molar-refractivity contribution in [3.8, 4) is 0 Å². The summed E-state index contributed by atoms with van der Waals surface area (Å²) in [5, 5.41) is 0. The molecule has 27 heavy (non-hydrogen) atoms. The minimum absolute atomic E-state index is 0.379. The minimum Gasteiger partial charge on any atom is -0.443 e. The third-order valence-electron chi connectivity index (χ3n) is 7.13. The Kier molecular flexibility index (Phi) is 5.90. The molecule has 0 spiro atoms. The van der Waals surface area contributed by atoms with Gasteiger partial charge in [-0.2, -0.15) is 0 Å². The third-order valence-corrected chi connectivity index (χ3v) is 7.72. The SMILES string of the molecule is CC(=O)O[C@]1(C)C=C(CC[C@@H](C)[C@H]2CCC3/C(=C/Br)CCC[C@@]32C)OC1=O. The Morgan fingerprint density at radius 3 is 2.85 bits per heavy atom. The van der Waals surface area contributed by atoms with Crippen LogP contribution in [0, 0.1) is 23.2 Å². The Labute approximate surface area is 170 Å². The topological polar surface area (TPSA) is 52.6 Å². The maximum atomic E-state index is 12.1. The van der Waals surface area contributed by atoms with Gasteiger partial charge in [-0.3, -0.25) is 4.79 Å². The molecule has 3 rings (SSSR count). The predicted octanol–water partition coefficient (Wildman–Crippen LogP) is 5.66. The Balaban J connectivity index is 1.63. The number of esters is 2. The molecule has 0 aromatic heterocycles. The van der Waals surface area contributed by atoms with Gasteiger partial charge in [-0.1, -0.05) is 35.4 Å². The molecular formula is C22H31BrO4. The Morgan fingerprint density at radius 2 is 2.19 bits per heavy atom. The normalized spacial score (nSPS) is 38.3. The van der Waals surface area contributed by atoms with Crippen molar-refractivity contribution < 1.29 is 19.1 Å². The van der Waals surface area contributed by atoms with Crippen LogP contribution in [0.2, 0.25) is 0 Å². The number of carbonyl (C=O) groups is 2. The average Bonchev–Trinajstić information content (AvgIpc) is 3.08. The number of hydrogen-bond acceptors (Lipinski definition) is 4. The Bertz CT molecular complexity index is 682. The number of rotatable bonds is 5. The van der Waals surface area contributed by atoms with Crippen LogP contribution in [0.4, 0.5) is 0 Å². The molecule has 0 amide bonds. The zero-order valence-electron chi connectivity index (χ0n) is 16.8. The third kappa shape index (κ3) is 3.90. The van der Waals surface area contributed by atoms with Crippen molar-refractivity contribution in [2.75, 3.05) is 0 Å². The van der Waals surface area contributed by atoms with Crippen LogP contribution in [0.25, 0.3) is 0 Å². The molecule has 0 radical (unpaired) electrons. The maximum absolute atomic E-state index is 12.1. The summed E-state index contributed by atoms with van der Waals surface area (Å²) in [5.74, 6) is 1.64. The van der Waals surface area contributed by atoms with Crippen molar-refractivity contribution >= 4 is 27.9 Å². The van der Waals surface area contributed by atoms with Gasteiger partial charge in [0.05, 0.1) is 0 Å². The summed E-state index contributed by atoms with van der Waals surface area (Å²) in [5.41, 5.74) is 0.695. The van der Waals surface area contributed by atoms with E-state index in [0.29, 0.717) is 35.3 Å². The number of allylic oxidation sites excluding steroid dienone is 2. The fourth-order valence-corrected chi connectivity index (χ4v) is 6.37. The number of hydrogen-bond donors (Lipinski definition) is 0. The molecule has 0 bridgehead atoms.